The van der Waals surface area contributed by atoms with Crippen LogP contribution in [0.2, 0.25) is 0 Å². The van der Waals surface area contributed by atoms with Gasteiger partial charge in [0.25, 0.3) is 11.8 Å². The lowest BCUT2D eigenvalue weighted by Gasteiger charge is -2.36. The number of amides is 2. The summed E-state index contributed by atoms with van der Waals surface area (Å²) >= 11 is 0. The van der Waals surface area contributed by atoms with Crippen molar-refractivity contribution in [2.75, 3.05) is 44.2 Å². The van der Waals surface area contributed by atoms with E-state index in [0.29, 0.717) is 6.54 Å². The number of hydrogen-bond donors (Lipinski definition) is 0. The molecule has 186 valence electrons. The largest absolute Gasteiger partial charge is 0.368 e. The first-order chi connectivity index (χ1) is 17.6. The lowest BCUT2D eigenvalue weighted by molar-refractivity contribution is 0.0704. The number of piperazine rings is 1. The van der Waals surface area contributed by atoms with Gasteiger partial charge in [0.1, 0.15) is 0 Å². The maximum absolute atomic E-state index is 13.3. The highest BCUT2D eigenvalue weighted by molar-refractivity contribution is 5.95. The molecule has 0 aromatic heterocycles. The van der Waals surface area contributed by atoms with Crippen LogP contribution in [0.25, 0.3) is 0 Å². The topological polar surface area (TPSA) is 43.9 Å². The van der Waals surface area contributed by atoms with E-state index in [9.17, 15) is 9.59 Å². The van der Waals surface area contributed by atoms with Gasteiger partial charge >= 0.3 is 0 Å². The fourth-order valence-corrected chi connectivity index (χ4v) is 5.41. The smallest absolute Gasteiger partial charge is 0.253 e. The van der Waals surface area contributed by atoms with Gasteiger partial charge in [-0.05, 0) is 66.8 Å². The van der Waals surface area contributed by atoms with Crippen LogP contribution in [-0.2, 0) is 6.42 Å². The molecule has 2 amide bonds. The van der Waals surface area contributed by atoms with E-state index in [0.717, 1.165) is 68.7 Å². The van der Waals surface area contributed by atoms with Gasteiger partial charge in [0.15, 0.2) is 0 Å². The summed E-state index contributed by atoms with van der Waals surface area (Å²) in [4.78, 5) is 32.8. The summed E-state index contributed by atoms with van der Waals surface area (Å²) in [6.45, 7) is 6.73. The van der Waals surface area contributed by atoms with Crippen molar-refractivity contribution in [2.45, 2.75) is 32.1 Å². The van der Waals surface area contributed by atoms with Gasteiger partial charge in [0.05, 0.1) is 0 Å². The van der Waals surface area contributed by atoms with E-state index in [4.69, 9.17) is 0 Å². The molecule has 1 atom stereocenters. The molecule has 2 fully saturated rings. The molecule has 0 radical (unpaired) electrons. The molecule has 5 rings (SSSR count). The summed E-state index contributed by atoms with van der Waals surface area (Å²) in [7, 11) is 0. The molecule has 36 heavy (non-hydrogen) atoms. The van der Waals surface area contributed by atoms with E-state index < -0.39 is 0 Å². The first kappa shape index (κ1) is 24.1. The number of carbonyl (C=O) groups excluding carboxylic acids is 2. The van der Waals surface area contributed by atoms with E-state index in [1.165, 1.54) is 11.3 Å². The molecule has 0 saturated carbocycles. The fourth-order valence-electron chi connectivity index (χ4n) is 5.41. The van der Waals surface area contributed by atoms with Gasteiger partial charge in [-0.25, -0.2) is 0 Å². The molecule has 0 unspecified atom stereocenters. The molecule has 0 aliphatic carbocycles. The predicted octanol–water partition coefficient (Wildman–Crippen LogP) is 5.23. The summed E-state index contributed by atoms with van der Waals surface area (Å²) in [5, 5.41) is 0. The minimum Gasteiger partial charge on any atom is -0.368 e. The molecule has 5 nitrogen and oxygen atoms in total. The van der Waals surface area contributed by atoms with Crippen molar-refractivity contribution in [1.29, 1.82) is 0 Å². The number of hydrogen-bond acceptors (Lipinski definition) is 3. The summed E-state index contributed by atoms with van der Waals surface area (Å²) in [6.07, 6.45) is 2.98. The highest BCUT2D eigenvalue weighted by Gasteiger charge is 2.27. The second-order valence-electron chi connectivity index (χ2n) is 9.88. The van der Waals surface area contributed by atoms with Crippen LogP contribution in [0.3, 0.4) is 0 Å². The molecular weight excluding hydrogens is 446 g/mol. The monoisotopic (exact) mass is 481 g/mol. The van der Waals surface area contributed by atoms with E-state index in [1.54, 1.807) is 0 Å². The number of rotatable bonds is 5. The number of benzene rings is 3. The van der Waals surface area contributed by atoms with Crippen molar-refractivity contribution in [3.63, 3.8) is 0 Å². The Balaban J connectivity index is 1.23. The molecular formula is C31H35N3O2. The number of nitrogens with zero attached hydrogens (tertiary/aromatic N) is 3. The summed E-state index contributed by atoms with van der Waals surface area (Å²) < 4.78 is 0. The zero-order chi connectivity index (χ0) is 24.9. The second-order valence-corrected chi connectivity index (χ2v) is 9.88. The molecule has 2 aliphatic rings. The van der Waals surface area contributed by atoms with Crippen LogP contribution in [0.4, 0.5) is 5.69 Å². The van der Waals surface area contributed by atoms with Crippen molar-refractivity contribution in [3.8, 4) is 0 Å². The lowest BCUT2D eigenvalue weighted by atomic mass is 9.89. The van der Waals surface area contributed by atoms with Gasteiger partial charge < -0.3 is 14.7 Å². The highest BCUT2D eigenvalue weighted by Crippen LogP contribution is 2.29. The summed E-state index contributed by atoms with van der Waals surface area (Å²) in [6, 6.07) is 26.5. The van der Waals surface area contributed by atoms with Crippen LogP contribution in [0, 0.1) is 0 Å². The van der Waals surface area contributed by atoms with E-state index in [1.807, 2.05) is 52.3 Å². The van der Waals surface area contributed by atoms with Crippen LogP contribution in [-0.4, -0.2) is 60.9 Å². The lowest BCUT2D eigenvalue weighted by Crippen LogP contribution is -2.48. The maximum atomic E-state index is 13.3. The molecule has 0 N–H and O–H groups in total. The maximum Gasteiger partial charge on any atom is 0.253 e. The third kappa shape index (κ3) is 5.30. The third-order valence-electron chi connectivity index (χ3n) is 7.61. The molecule has 2 heterocycles. The van der Waals surface area contributed by atoms with Crippen molar-refractivity contribution in [3.05, 3.63) is 101 Å². The Kier molecular flexibility index (Phi) is 7.36. The van der Waals surface area contributed by atoms with E-state index >= 15 is 0 Å². The number of carbonyl (C=O) groups is 2. The Bertz CT molecular complexity index is 1180. The minimum atomic E-state index is 0.101. The van der Waals surface area contributed by atoms with Gasteiger partial charge in [0.2, 0.25) is 0 Å². The van der Waals surface area contributed by atoms with Gasteiger partial charge in [-0.3, -0.25) is 9.59 Å². The summed E-state index contributed by atoms with van der Waals surface area (Å²) in [5.41, 5.74) is 5.11. The molecule has 5 heteroatoms. The molecule has 2 aliphatic heterocycles. The van der Waals surface area contributed by atoms with Crippen molar-refractivity contribution < 1.29 is 9.59 Å². The second kappa shape index (κ2) is 11.0. The van der Waals surface area contributed by atoms with Gasteiger partial charge in [-0.15, -0.1) is 0 Å². The fraction of sp³-hybridized carbons (Fsp3) is 0.355. The van der Waals surface area contributed by atoms with Gasteiger partial charge in [-0.2, -0.15) is 0 Å². The van der Waals surface area contributed by atoms with Crippen LogP contribution in [0.5, 0.6) is 0 Å². The summed E-state index contributed by atoms with van der Waals surface area (Å²) in [5.74, 6) is 0.454. The molecule has 2 saturated heterocycles. The normalized spacial score (nSPS) is 18.2. The van der Waals surface area contributed by atoms with E-state index in [-0.39, 0.29) is 17.7 Å². The third-order valence-corrected chi connectivity index (χ3v) is 7.61. The van der Waals surface area contributed by atoms with Gasteiger partial charge in [-0.1, -0.05) is 49.4 Å². The Morgan fingerprint density at radius 1 is 0.750 bits per heavy atom. The average Bonchev–Trinajstić information content (AvgIpc) is 2.97. The Labute approximate surface area is 214 Å². The Morgan fingerprint density at radius 3 is 2.19 bits per heavy atom. The number of para-hydroxylation sites is 1. The first-order valence-electron chi connectivity index (χ1n) is 13.2. The van der Waals surface area contributed by atoms with Crippen LogP contribution in [0.1, 0.15) is 57.5 Å². The molecule has 0 spiro atoms. The minimum absolute atomic E-state index is 0.101. The van der Waals surface area contributed by atoms with Crippen LogP contribution in [0.15, 0.2) is 78.9 Å². The van der Waals surface area contributed by atoms with Crippen LogP contribution < -0.4 is 4.90 Å². The van der Waals surface area contributed by atoms with Crippen molar-refractivity contribution in [2.24, 2.45) is 0 Å². The quantitative estimate of drug-likeness (QED) is 0.501. The first-order valence-corrected chi connectivity index (χ1v) is 13.2. The predicted molar refractivity (Wildman–Crippen MR) is 145 cm³/mol. The van der Waals surface area contributed by atoms with Crippen molar-refractivity contribution >= 4 is 17.5 Å². The molecule has 3 aromatic carbocycles. The van der Waals surface area contributed by atoms with E-state index in [2.05, 4.69) is 48.2 Å². The Hall–Kier alpha value is -3.60. The SMILES string of the molecule is CCc1ccc(C(=O)N2CCC[C@H](c3cccc(C(=O)N4CCN(c5ccccc5)CC4)c3)C2)cc1. The zero-order valence-corrected chi connectivity index (χ0v) is 21.1. The number of piperidine rings is 1. The van der Waals surface area contributed by atoms with Gasteiger partial charge in [0, 0.05) is 62.0 Å². The standard InChI is InChI=1S/C31H35N3O2/c1-2-24-13-15-25(16-14-24)30(35)34-17-7-10-28(23-34)26-8-6-9-27(22-26)31(36)33-20-18-32(19-21-33)29-11-4-3-5-12-29/h3-6,8-9,11-16,22,28H,2,7,10,17-21,23H2,1H3/t28-/m0/s1. The Morgan fingerprint density at radius 2 is 1.47 bits per heavy atom. The van der Waals surface area contributed by atoms with Crippen molar-refractivity contribution in [1.82, 2.24) is 9.80 Å². The van der Waals surface area contributed by atoms with Crippen LogP contribution >= 0.6 is 0 Å². The molecule has 3 aromatic rings. The number of aryl methyl sites for hydroxylation is 1. The number of anilines is 1. The highest BCUT2D eigenvalue weighted by atomic mass is 16.2. The average molecular weight is 482 g/mol. The zero-order valence-electron chi connectivity index (χ0n) is 21.1. The number of likely N-dealkylation sites (tertiary alicyclic amines) is 1. The molecule has 0 bridgehead atoms.